The van der Waals surface area contributed by atoms with Crippen LogP contribution in [-0.4, -0.2) is 13.1 Å². The fraction of sp³-hybridized carbons (Fsp3) is 0.273. The lowest BCUT2D eigenvalue weighted by Gasteiger charge is -2.39. The van der Waals surface area contributed by atoms with Crippen molar-refractivity contribution in [3.63, 3.8) is 0 Å². The van der Waals surface area contributed by atoms with Crippen LogP contribution in [0.25, 0.3) is 6.08 Å². The van der Waals surface area contributed by atoms with Crippen LogP contribution in [0, 0.1) is 0 Å². The van der Waals surface area contributed by atoms with Gasteiger partial charge in [0, 0.05) is 13.1 Å². The van der Waals surface area contributed by atoms with Crippen molar-refractivity contribution in [1.82, 2.24) is 5.32 Å². The average molecular weight is 175 g/mol. The van der Waals surface area contributed by atoms with Crippen LogP contribution >= 0.6 is 0 Å². The van der Waals surface area contributed by atoms with E-state index in [4.69, 9.17) is 0 Å². The molecule has 1 saturated heterocycles. The molecule has 0 aromatic heterocycles. The van der Waals surface area contributed by atoms with Crippen LogP contribution in [0.15, 0.2) is 30.1 Å². The van der Waals surface area contributed by atoms with Crippen molar-refractivity contribution in [2.45, 2.75) is 5.41 Å². The standard InChI is InChI=1S/C11H10FN/c12-10-5-8-3-1-2-4-9(8)11(10)6-13-7-11/h1-5,13H,6-7H2. The molecular formula is C11H10FN. The van der Waals surface area contributed by atoms with Crippen molar-refractivity contribution in [1.29, 1.82) is 0 Å². The van der Waals surface area contributed by atoms with E-state index in [-0.39, 0.29) is 11.2 Å². The van der Waals surface area contributed by atoms with E-state index in [1.807, 2.05) is 24.3 Å². The predicted molar refractivity (Wildman–Crippen MR) is 50.1 cm³/mol. The minimum atomic E-state index is -0.309. The summed E-state index contributed by atoms with van der Waals surface area (Å²) in [5.74, 6) is 0.0208. The van der Waals surface area contributed by atoms with Crippen LogP contribution in [0.3, 0.4) is 0 Å². The highest BCUT2D eigenvalue weighted by atomic mass is 19.1. The van der Waals surface area contributed by atoms with Gasteiger partial charge >= 0.3 is 0 Å². The lowest BCUT2D eigenvalue weighted by molar-refractivity contribution is 0.284. The molecule has 1 N–H and O–H groups in total. The number of nitrogens with one attached hydrogen (secondary N) is 1. The van der Waals surface area contributed by atoms with Crippen LogP contribution in [0.1, 0.15) is 11.1 Å². The maximum Gasteiger partial charge on any atom is 0.114 e. The molecule has 1 spiro atoms. The van der Waals surface area contributed by atoms with Gasteiger partial charge in [-0.15, -0.1) is 0 Å². The van der Waals surface area contributed by atoms with E-state index in [2.05, 4.69) is 5.32 Å². The molecule has 0 bridgehead atoms. The highest BCUT2D eigenvalue weighted by Gasteiger charge is 2.47. The third kappa shape index (κ3) is 0.742. The number of halogens is 1. The molecule has 13 heavy (non-hydrogen) atoms. The van der Waals surface area contributed by atoms with E-state index < -0.39 is 0 Å². The van der Waals surface area contributed by atoms with Gasteiger partial charge in [0.15, 0.2) is 0 Å². The van der Waals surface area contributed by atoms with Gasteiger partial charge < -0.3 is 5.32 Å². The molecule has 66 valence electrons. The summed E-state index contributed by atoms with van der Waals surface area (Å²) in [6.45, 7) is 1.48. The Morgan fingerprint density at radius 3 is 2.69 bits per heavy atom. The van der Waals surface area contributed by atoms with Crippen LogP contribution < -0.4 is 5.32 Å². The Kier molecular flexibility index (Phi) is 1.23. The van der Waals surface area contributed by atoms with Crippen LogP contribution in [0.5, 0.6) is 0 Å². The zero-order chi connectivity index (χ0) is 8.89. The van der Waals surface area contributed by atoms with E-state index in [0.29, 0.717) is 0 Å². The summed E-state index contributed by atoms with van der Waals surface area (Å²) in [4.78, 5) is 0. The molecule has 1 aromatic rings. The molecule has 1 heterocycles. The molecule has 0 amide bonds. The van der Waals surface area contributed by atoms with Crippen molar-refractivity contribution in [2.75, 3.05) is 13.1 Å². The molecule has 1 fully saturated rings. The highest BCUT2D eigenvalue weighted by molar-refractivity contribution is 5.69. The zero-order valence-corrected chi connectivity index (χ0v) is 7.18. The van der Waals surface area contributed by atoms with E-state index in [0.717, 1.165) is 24.2 Å². The number of fused-ring (bicyclic) bond motifs is 2. The first-order valence-electron chi connectivity index (χ1n) is 4.51. The second-order valence-electron chi connectivity index (χ2n) is 3.77. The number of hydrogen-bond acceptors (Lipinski definition) is 1. The zero-order valence-electron chi connectivity index (χ0n) is 7.18. The Hall–Kier alpha value is -1.15. The fourth-order valence-electron chi connectivity index (χ4n) is 2.20. The molecule has 2 heteroatoms. The van der Waals surface area contributed by atoms with Gasteiger partial charge in [-0.3, -0.25) is 0 Å². The van der Waals surface area contributed by atoms with Crippen molar-refractivity contribution in [2.24, 2.45) is 0 Å². The summed E-state index contributed by atoms with van der Waals surface area (Å²) >= 11 is 0. The smallest absolute Gasteiger partial charge is 0.114 e. The summed E-state index contributed by atoms with van der Waals surface area (Å²) in [7, 11) is 0. The third-order valence-corrected chi connectivity index (χ3v) is 3.07. The number of hydrogen-bond donors (Lipinski definition) is 1. The lowest BCUT2D eigenvalue weighted by Crippen LogP contribution is -2.56. The maximum absolute atomic E-state index is 13.6. The fourth-order valence-corrected chi connectivity index (χ4v) is 2.20. The summed E-state index contributed by atoms with van der Waals surface area (Å²) in [5, 5.41) is 3.13. The Morgan fingerprint density at radius 1 is 1.23 bits per heavy atom. The minimum Gasteiger partial charge on any atom is -0.314 e. The minimum absolute atomic E-state index is 0.0208. The van der Waals surface area contributed by atoms with Gasteiger partial charge in [-0.1, -0.05) is 24.3 Å². The van der Waals surface area contributed by atoms with Gasteiger partial charge in [0.25, 0.3) is 0 Å². The maximum atomic E-state index is 13.6. The molecule has 2 aliphatic rings. The van der Waals surface area contributed by atoms with E-state index in [1.54, 1.807) is 6.08 Å². The second-order valence-corrected chi connectivity index (χ2v) is 3.77. The molecule has 1 nitrogen and oxygen atoms in total. The van der Waals surface area contributed by atoms with Gasteiger partial charge in [-0.25, -0.2) is 4.39 Å². The summed E-state index contributed by atoms with van der Waals surface area (Å²) < 4.78 is 13.6. The molecule has 1 aliphatic heterocycles. The molecule has 0 radical (unpaired) electrons. The summed E-state index contributed by atoms with van der Waals surface area (Å²) in [6.07, 6.45) is 1.66. The Labute approximate surface area is 76.3 Å². The topological polar surface area (TPSA) is 12.0 Å². The second kappa shape index (κ2) is 2.20. The Balaban J connectivity index is 2.22. The Morgan fingerprint density at radius 2 is 2.00 bits per heavy atom. The van der Waals surface area contributed by atoms with Crippen molar-refractivity contribution in [3.05, 3.63) is 41.2 Å². The SMILES string of the molecule is FC1=Cc2ccccc2C12CNC2. The molecular weight excluding hydrogens is 165 g/mol. The predicted octanol–water partition coefficient (Wildman–Crippen LogP) is 1.85. The highest BCUT2D eigenvalue weighted by Crippen LogP contribution is 2.44. The Bertz CT molecular complexity index is 391. The quantitative estimate of drug-likeness (QED) is 0.634. The van der Waals surface area contributed by atoms with Crippen LogP contribution in [0.2, 0.25) is 0 Å². The van der Waals surface area contributed by atoms with E-state index >= 15 is 0 Å². The normalized spacial score (nSPS) is 22.4. The molecule has 1 aliphatic carbocycles. The van der Waals surface area contributed by atoms with Gasteiger partial charge in [0.2, 0.25) is 0 Å². The van der Waals surface area contributed by atoms with Gasteiger partial charge in [-0.2, -0.15) is 0 Å². The van der Waals surface area contributed by atoms with Crippen molar-refractivity contribution in [3.8, 4) is 0 Å². The van der Waals surface area contributed by atoms with Crippen LogP contribution in [-0.2, 0) is 5.41 Å². The molecule has 1 aromatic carbocycles. The summed E-state index contributed by atoms with van der Waals surface area (Å²) in [6, 6.07) is 7.93. The largest absolute Gasteiger partial charge is 0.314 e. The molecule has 3 rings (SSSR count). The molecule has 0 atom stereocenters. The first-order chi connectivity index (χ1) is 6.33. The summed E-state index contributed by atoms with van der Waals surface area (Å²) in [5.41, 5.74) is 1.88. The number of benzene rings is 1. The number of rotatable bonds is 0. The molecule has 0 unspecified atom stereocenters. The average Bonchev–Trinajstić information content (AvgIpc) is 2.35. The first-order valence-corrected chi connectivity index (χ1v) is 4.51. The van der Waals surface area contributed by atoms with Gasteiger partial charge in [0.05, 0.1) is 5.41 Å². The van der Waals surface area contributed by atoms with Crippen molar-refractivity contribution >= 4 is 6.08 Å². The van der Waals surface area contributed by atoms with E-state index in [1.165, 1.54) is 0 Å². The third-order valence-electron chi connectivity index (χ3n) is 3.07. The van der Waals surface area contributed by atoms with Gasteiger partial charge in [0.1, 0.15) is 5.83 Å². The first kappa shape index (κ1) is 7.27. The lowest BCUT2D eigenvalue weighted by atomic mass is 9.76. The van der Waals surface area contributed by atoms with Crippen molar-refractivity contribution < 1.29 is 4.39 Å². The molecule has 0 saturated carbocycles. The van der Waals surface area contributed by atoms with Gasteiger partial charge in [-0.05, 0) is 17.2 Å². The monoisotopic (exact) mass is 175 g/mol. The van der Waals surface area contributed by atoms with E-state index in [9.17, 15) is 4.39 Å². The van der Waals surface area contributed by atoms with Crippen LogP contribution in [0.4, 0.5) is 4.39 Å².